The van der Waals surface area contributed by atoms with Gasteiger partial charge in [0.05, 0.1) is 22.8 Å². The summed E-state index contributed by atoms with van der Waals surface area (Å²) in [6.07, 6.45) is 6.99. The Hall–Kier alpha value is -16.3. The van der Waals surface area contributed by atoms with Crippen molar-refractivity contribution < 1.29 is 4.42 Å². The Bertz CT molecular complexity index is 7530. The van der Waals surface area contributed by atoms with Crippen LogP contribution < -0.4 is 0 Å². The van der Waals surface area contributed by atoms with E-state index in [4.69, 9.17) is 4.42 Å². The number of aromatic nitrogens is 3. The summed E-state index contributed by atoms with van der Waals surface area (Å²) in [6, 6.07) is 166. The highest BCUT2D eigenvalue weighted by Crippen LogP contribution is 2.36. The predicted octanol–water partition coefficient (Wildman–Crippen LogP) is 34.4. The van der Waals surface area contributed by atoms with E-state index in [1.54, 1.807) is 30.0 Å². The molecule has 0 radical (unpaired) electrons. The quantitative estimate of drug-likeness (QED) is 0.112. The Kier molecular flexibility index (Phi) is 22.7. The molecule has 0 aliphatic carbocycles. The molecule has 0 unspecified atom stereocenters. The lowest BCUT2D eigenvalue weighted by Crippen LogP contribution is -1.82. The smallest absolute Gasteiger partial charge is 0.134 e. The summed E-state index contributed by atoms with van der Waals surface area (Å²) in [5.74, 6) is 0. The summed E-state index contributed by atoms with van der Waals surface area (Å²) < 4.78 is 6.70. The molecule has 0 saturated carbocycles. The van der Waals surface area contributed by atoms with Crippen molar-refractivity contribution in [3.8, 4) is 0 Å². The van der Waals surface area contributed by atoms with Crippen LogP contribution in [0.5, 0.6) is 0 Å². The van der Waals surface area contributed by atoms with E-state index in [0.29, 0.717) is 0 Å². The molecule has 24 aromatic carbocycles. The van der Waals surface area contributed by atoms with Crippen molar-refractivity contribution in [3.63, 3.8) is 0 Å². The summed E-state index contributed by atoms with van der Waals surface area (Å²) in [5.41, 5.74) is 3.92. The molecule has 0 N–H and O–H groups in total. The van der Waals surface area contributed by atoms with Crippen LogP contribution in [0.15, 0.2) is 508 Å². The van der Waals surface area contributed by atoms with Crippen molar-refractivity contribution in [1.29, 1.82) is 0 Å². The van der Waals surface area contributed by atoms with Crippen LogP contribution in [0.2, 0.25) is 0 Å². The SMILES string of the molecule is c1cc2ccc3cccc4ccc(c1)c2c34.c1ccc2c(c1)ccc1ccccc12.c1ccc2cc3cc4ccccc4cc3cc2c1.c1ccc2cc3ccccc3cc2c1.c1ccc2cc3ncccc3cc2c1.c1ccc2cc3nccnc3cc2c1.c1ccc2cc3occc3cc2c1.c1ccc2cc3sccc3cc2c1.c1ccc2ccccc2c1. The van der Waals surface area contributed by atoms with Gasteiger partial charge < -0.3 is 4.42 Å². The first-order chi connectivity index (χ1) is 62.4. The third-order valence-corrected chi connectivity index (χ3v) is 24.2. The molecule has 4 aromatic heterocycles. The average molecular weight is 1630 g/mol. The van der Waals surface area contributed by atoms with Crippen molar-refractivity contribution in [2.24, 2.45) is 0 Å². The van der Waals surface area contributed by atoms with E-state index in [1.807, 2.05) is 42.6 Å². The molecule has 4 nitrogen and oxygen atoms in total. The summed E-state index contributed by atoms with van der Waals surface area (Å²) in [4.78, 5) is 12.9. The minimum atomic E-state index is 0.950. The molecule has 5 heteroatoms. The van der Waals surface area contributed by atoms with Crippen LogP contribution in [0, 0.1) is 0 Å². The molecule has 28 rings (SSSR count). The highest BCUT2D eigenvalue weighted by molar-refractivity contribution is 7.17. The van der Waals surface area contributed by atoms with Crippen molar-refractivity contribution in [2.45, 2.75) is 0 Å². The van der Waals surface area contributed by atoms with Crippen LogP contribution in [0.3, 0.4) is 0 Å². The molecular weight excluding hydrogens is 1540 g/mol. The third-order valence-electron chi connectivity index (χ3n) is 23.3. The maximum absolute atomic E-state index is 5.33. The fourth-order valence-electron chi connectivity index (χ4n) is 17.0. The van der Waals surface area contributed by atoms with E-state index in [1.165, 1.54) is 182 Å². The number of furan rings is 1. The fraction of sp³-hybridized carbons (Fsp3) is 0. The van der Waals surface area contributed by atoms with Gasteiger partial charge in [-0.1, -0.05) is 370 Å². The number of nitrogens with zero attached hydrogens (tertiary/aromatic N) is 3. The lowest BCUT2D eigenvalue weighted by molar-refractivity contribution is 0.616. The molecule has 0 aliphatic heterocycles. The van der Waals surface area contributed by atoms with E-state index in [2.05, 4.69) is 457 Å². The summed E-state index contributed by atoms with van der Waals surface area (Å²) in [6.45, 7) is 0. The van der Waals surface area contributed by atoms with Crippen LogP contribution in [-0.2, 0) is 0 Å². The van der Waals surface area contributed by atoms with Gasteiger partial charge in [-0.05, 0) is 275 Å². The third kappa shape index (κ3) is 17.5. The first-order valence-corrected chi connectivity index (χ1v) is 43.5. The Morgan fingerprint density at radius 3 is 0.802 bits per heavy atom. The maximum Gasteiger partial charge on any atom is 0.134 e. The van der Waals surface area contributed by atoms with Crippen LogP contribution in [0.4, 0.5) is 0 Å². The Morgan fingerprint density at radius 2 is 0.421 bits per heavy atom. The van der Waals surface area contributed by atoms with E-state index in [-0.39, 0.29) is 0 Å². The molecule has 4 heterocycles. The molecule has 0 aliphatic rings. The van der Waals surface area contributed by atoms with Crippen molar-refractivity contribution in [2.75, 3.05) is 0 Å². The van der Waals surface area contributed by atoms with Crippen molar-refractivity contribution in [3.05, 3.63) is 503 Å². The summed E-state index contributed by atoms with van der Waals surface area (Å²) >= 11 is 1.80. The molecular formula is C121H83N3OS. The Balaban J connectivity index is 0.0000000897. The van der Waals surface area contributed by atoms with Gasteiger partial charge in [0.2, 0.25) is 0 Å². The number of benzene rings is 24. The van der Waals surface area contributed by atoms with Crippen molar-refractivity contribution >= 4 is 216 Å². The molecule has 0 amide bonds. The van der Waals surface area contributed by atoms with Crippen molar-refractivity contribution in [1.82, 2.24) is 15.0 Å². The highest BCUT2D eigenvalue weighted by Gasteiger charge is 2.09. The van der Waals surface area contributed by atoms with Crippen LogP contribution in [-0.4, -0.2) is 15.0 Å². The zero-order chi connectivity index (χ0) is 84.2. The average Bonchev–Trinajstić information content (AvgIpc) is 1.12. The van der Waals surface area contributed by atoms with Gasteiger partial charge >= 0.3 is 0 Å². The Labute approximate surface area is 733 Å². The van der Waals surface area contributed by atoms with Gasteiger partial charge in [-0.15, -0.1) is 11.3 Å². The second-order valence-corrected chi connectivity index (χ2v) is 32.3. The monoisotopic (exact) mass is 1630 g/mol. The predicted molar refractivity (Wildman–Crippen MR) is 545 cm³/mol. The molecule has 0 fully saturated rings. The number of pyridine rings is 1. The number of thiophene rings is 1. The van der Waals surface area contributed by atoms with Crippen LogP contribution in [0.1, 0.15) is 0 Å². The number of fused-ring (bicyclic) bond motifs is 17. The second-order valence-electron chi connectivity index (χ2n) is 31.4. The number of hydrogen-bond acceptors (Lipinski definition) is 5. The molecule has 0 saturated heterocycles. The number of rotatable bonds is 0. The highest BCUT2D eigenvalue weighted by atomic mass is 32.1. The van der Waals surface area contributed by atoms with Gasteiger partial charge in [0.15, 0.2) is 0 Å². The zero-order valence-corrected chi connectivity index (χ0v) is 69.9. The van der Waals surface area contributed by atoms with Gasteiger partial charge in [-0.3, -0.25) is 15.0 Å². The van der Waals surface area contributed by atoms with Gasteiger partial charge in [-0.25, -0.2) is 0 Å². The topological polar surface area (TPSA) is 51.8 Å². The lowest BCUT2D eigenvalue weighted by Gasteiger charge is -2.09. The molecule has 594 valence electrons. The van der Waals surface area contributed by atoms with E-state index >= 15 is 0 Å². The van der Waals surface area contributed by atoms with E-state index in [9.17, 15) is 0 Å². The maximum atomic E-state index is 5.33. The van der Waals surface area contributed by atoms with Gasteiger partial charge in [0, 0.05) is 34.1 Å². The Morgan fingerprint density at radius 1 is 0.159 bits per heavy atom. The van der Waals surface area contributed by atoms with E-state index < -0.39 is 0 Å². The molecule has 126 heavy (non-hydrogen) atoms. The van der Waals surface area contributed by atoms with Gasteiger partial charge in [-0.2, -0.15) is 0 Å². The van der Waals surface area contributed by atoms with Gasteiger partial charge in [0.1, 0.15) is 5.58 Å². The van der Waals surface area contributed by atoms with Crippen LogP contribution >= 0.6 is 11.3 Å². The largest absolute Gasteiger partial charge is 0.464 e. The zero-order valence-electron chi connectivity index (χ0n) is 69.1. The summed E-state index contributed by atoms with van der Waals surface area (Å²) in [7, 11) is 0. The molecule has 0 spiro atoms. The van der Waals surface area contributed by atoms with E-state index in [0.717, 1.165) is 22.1 Å². The first-order valence-electron chi connectivity index (χ1n) is 42.6. The standard InChI is InChI=1S/C18H12.C16H10.2C14H10.C13H9N.C12H8N2.C12H8O.C12H8S.C10H8/c1-2-6-14-10-18-12-16-8-4-3-7-15(16)11-17(18)9-13(14)5-1;1-3-11-7-9-13-5-2-6-14-10-8-12(4-1)15(11)16(13)14;1-3-7-13-11(5-1)9-10-12-6-2-4-8-14(12)13;1-2-6-12-10-14-8-4-3-7-13(14)9-11(12)5-1;1-2-5-11-9-13-12(6-3-7-14-13)8-10(11)4-1;1-2-4-10-8-12-11(7-9(10)3-1)13-5-6-14-12;2*1-2-4-10-8-12-11(5-6-13-12)7-9(10)3-1;1-2-6-10-8-4-3-7-9(10)5-1/h1-12H;1-10H;2*1-10H;1-9H;1-8H;2*1-8H;1-8H. The summed E-state index contributed by atoms with van der Waals surface area (Å²) in [5, 5.41) is 45.1. The van der Waals surface area contributed by atoms with Gasteiger partial charge in [0.25, 0.3) is 0 Å². The van der Waals surface area contributed by atoms with Crippen LogP contribution in [0.25, 0.3) is 205 Å². The minimum Gasteiger partial charge on any atom is -0.464 e. The second kappa shape index (κ2) is 36.6. The molecule has 28 aromatic rings. The molecule has 0 atom stereocenters. The minimum absolute atomic E-state index is 0.950. The fourth-order valence-corrected chi connectivity index (χ4v) is 17.8. The lowest BCUT2D eigenvalue weighted by atomic mass is 9.95. The normalized spacial score (nSPS) is 11.0. The molecule has 0 bridgehead atoms. The number of hydrogen-bond donors (Lipinski definition) is 0. The first kappa shape index (κ1) is 78.2.